The van der Waals surface area contributed by atoms with Gasteiger partial charge < -0.3 is 14.4 Å². The maximum absolute atomic E-state index is 11.1. The number of nitrogens with zero attached hydrogens (tertiary/aromatic N) is 2. The first kappa shape index (κ1) is 10.9. The number of aromatic nitrogens is 2. The fraction of sp³-hybridized carbons (Fsp3) is 0.200. The lowest BCUT2D eigenvalue weighted by Gasteiger charge is -2.01. The smallest absolute Gasteiger partial charge is 0.305 e. The van der Waals surface area contributed by atoms with Gasteiger partial charge >= 0.3 is 4.60 Å². The van der Waals surface area contributed by atoms with Gasteiger partial charge in [-0.15, -0.1) is 0 Å². The summed E-state index contributed by atoms with van der Waals surface area (Å²) >= 11 is 3.12. The van der Waals surface area contributed by atoms with E-state index in [-0.39, 0.29) is 4.60 Å². The molecule has 0 aliphatic rings. The predicted molar refractivity (Wildman–Crippen MR) is 56.5 cm³/mol. The fourth-order valence-corrected chi connectivity index (χ4v) is 1.71. The first-order valence-corrected chi connectivity index (χ1v) is 5.32. The maximum atomic E-state index is 11.1. The van der Waals surface area contributed by atoms with Gasteiger partial charge in [-0.2, -0.15) is 0 Å². The molecule has 0 fully saturated rings. The largest absolute Gasteiger partial charge is 0.538 e. The Morgan fingerprint density at radius 1 is 1.50 bits per heavy atom. The molecule has 0 bridgehead atoms. The standard InChI is InChI=1S/C10H9BrN2O3/c1-6-5-7(15-2)3-4-8(6)13-9(11)10(14)16-12-13/h3-5H,1-2H3. The molecule has 16 heavy (non-hydrogen) atoms. The number of hydrogen-bond donors (Lipinski definition) is 0. The van der Waals surface area contributed by atoms with E-state index in [0.717, 1.165) is 17.0 Å². The van der Waals surface area contributed by atoms with Crippen molar-refractivity contribution in [1.82, 2.24) is 5.27 Å². The second-order valence-corrected chi connectivity index (χ2v) is 3.97. The zero-order valence-electron chi connectivity index (χ0n) is 8.73. The Balaban J connectivity index is 2.52. The molecule has 2 aromatic rings. The number of aryl methyl sites for hydroxylation is 1. The van der Waals surface area contributed by atoms with E-state index in [1.54, 1.807) is 19.2 Å². The third-order valence-corrected chi connectivity index (χ3v) is 2.85. The molecule has 0 unspecified atom stereocenters. The number of benzene rings is 1. The third-order valence-electron chi connectivity index (χ3n) is 2.19. The van der Waals surface area contributed by atoms with E-state index in [2.05, 4.69) is 25.7 Å². The minimum absolute atomic E-state index is 0.265. The second kappa shape index (κ2) is 4.13. The minimum Gasteiger partial charge on any atom is -0.538 e. The van der Waals surface area contributed by atoms with Crippen molar-refractivity contribution in [3.05, 3.63) is 28.4 Å². The van der Waals surface area contributed by atoms with Crippen LogP contribution >= 0.6 is 15.9 Å². The molecule has 2 rings (SSSR count). The van der Waals surface area contributed by atoms with Crippen LogP contribution < -0.4 is 14.5 Å². The van der Waals surface area contributed by atoms with Gasteiger partial charge in [0, 0.05) is 27.6 Å². The number of halogens is 1. The van der Waals surface area contributed by atoms with Crippen molar-refractivity contribution in [3.63, 3.8) is 0 Å². The molecule has 0 aliphatic heterocycles. The molecule has 0 saturated carbocycles. The van der Waals surface area contributed by atoms with Crippen molar-refractivity contribution in [2.75, 3.05) is 7.11 Å². The summed E-state index contributed by atoms with van der Waals surface area (Å²) in [7, 11) is 1.60. The highest BCUT2D eigenvalue weighted by Crippen LogP contribution is 2.20. The van der Waals surface area contributed by atoms with Crippen LogP contribution in [0.2, 0.25) is 0 Å². The molecule has 0 aliphatic carbocycles. The van der Waals surface area contributed by atoms with Crippen LogP contribution in [0.3, 0.4) is 0 Å². The summed E-state index contributed by atoms with van der Waals surface area (Å²) in [5.74, 6) is 0.249. The molecule has 1 aromatic heterocycles. The van der Waals surface area contributed by atoms with Crippen molar-refractivity contribution in [2.45, 2.75) is 6.92 Å². The van der Waals surface area contributed by atoms with E-state index in [1.165, 1.54) is 4.68 Å². The van der Waals surface area contributed by atoms with Gasteiger partial charge in [-0.25, -0.2) is 0 Å². The van der Waals surface area contributed by atoms with Gasteiger partial charge in [0.1, 0.15) is 5.75 Å². The van der Waals surface area contributed by atoms with Crippen LogP contribution in [-0.2, 0) is 0 Å². The molecule has 0 N–H and O–H groups in total. The van der Waals surface area contributed by atoms with E-state index < -0.39 is 5.95 Å². The van der Waals surface area contributed by atoms with Crippen molar-refractivity contribution in [1.29, 1.82) is 0 Å². The Labute approximate surface area is 100 Å². The van der Waals surface area contributed by atoms with E-state index in [1.807, 2.05) is 13.0 Å². The lowest BCUT2D eigenvalue weighted by atomic mass is 10.2. The van der Waals surface area contributed by atoms with Gasteiger partial charge in [-0.3, -0.25) is 0 Å². The van der Waals surface area contributed by atoms with Crippen molar-refractivity contribution in [2.24, 2.45) is 0 Å². The van der Waals surface area contributed by atoms with Gasteiger partial charge in [0.05, 0.1) is 12.4 Å². The van der Waals surface area contributed by atoms with E-state index >= 15 is 0 Å². The number of methoxy groups -OCH3 is 1. The molecule has 0 saturated heterocycles. The second-order valence-electron chi connectivity index (χ2n) is 3.22. The summed E-state index contributed by atoms with van der Waals surface area (Å²) in [5, 5.41) is 14.8. The van der Waals surface area contributed by atoms with Gasteiger partial charge in [0.2, 0.25) is 5.69 Å². The third kappa shape index (κ3) is 1.76. The molecule has 1 heterocycles. The lowest BCUT2D eigenvalue weighted by molar-refractivity contribution is -0.681. The quantitative estimate of drug-likeness (QED) is 0.775. The van der Waals surface area contributed by atoms with Gasteiger partial charge in [0.25, 0.3) is 0 Å². The normalized spacial score (nSPS) is 10.4. The molecular weight excluding hydrogens is 276 g/mol. The van der Waals surface area contributed by atoms with Gasteiger partial charge in [-0.05, 0) is 23.7 Å². The molecule has 0 amide bonds. The van der Waals surface area contributed by atoms with Gasteiger partial charge in [0.15, 0.2) is 5.95 Å². The first-order chi connectivity index (χ1) is 7.63. The van der Waals surface area contributed by atoms with E-state index in [0.29, 0.717) is 0 Å². The van der Waals surface area contributed by atoms with Crippen LogP contribution in [0.5, 0.6) is 11.7 Å². The Hall–Kier alpha value is -1.56. The average Bonchev–Trinajstić information content (AvgIpc) is 2.60. The Morgan fingerprint density at radius 2 is 2.25 bits per heavy atom. The van der Waals surface area contributed by atoms with Crippen molar-refractivity contribution in [3.8, 4) is 17.4 Å². The summed E-state index contributed by atoms with van der Waals surface area (Å²) < 4.78 is 11.3. The monoisotopic (exact) mass is 284 g/mol. The minimum atomic E-state index is -0.504. The highest BCUT2D eigenvalue weighted by Gasteiger charge is 2.19. The zero-order valence-corrected chi connectivity index (χ0v) is 10.3. The molecule has 5 nitrogen and oxygen atoms in total. The Kier molecular flexibility index (Phi) is 2.82. The van der Waals surface area contributed by atoms with Crippen molar-refractivity contribution >= 4 is 15.9 Å². The van der Waals surface area contributed by atoms with Crippen LogP contribution in [0, 0.1) is 6.92 Å². The summed E-state index contributed by atoms with van der Waals surface area (Å²) in [6.07, 6.45) is 0. The summed E-state index contributed by atoms with van der Waals surface area (Å²) in [6, 6.07) is 5.45. The molecule has 6 heteroatoms. The summed E-state index contributed by atoms with van der Waals surface area (Å²) in [4.78, 5) is 0. The molecule has 1 aromatic carbocycles. The first-order valence-electron chi connectivity index (χ1n) is 4.53. The Bertz CT molecular complexity index is 525. The highest BCUT2D eigenvalue weighted by atomic mass is 79.9. The van der Waals surface area contributed by atoms with Crippen LogP contribution in [0.4, 0.5) is 0 Å². The molecular formula is C10H9BrN2O3. The van der Waals surface area contributed by atoms with E-state index in [4.69, 9.17) is 4.74 Å². The summed E-state index contributed by atoms with van der Waals surface area (Å²) in [5.41, 5.74) is 1.69. The molecule has 0 atom stereocenters. The van der Waals surface area contributed by atoms with Gasteiger partial charge in [-0.1, -0.05) is 0 Å². The van der Waals surface area contributed by atoms with Crippen LogP contribution in [0.25, 0.3) is 5.69 Å². The summed E-state index contributed by atoms with van der Waals surface area (Å²) in [6.45, 7) is 1.90. The molecule has 0 radical (unpaired) electrons. The van der Waals surface area contributed by atoms with Crippen LogP contribution in [0.1, 0.15) is 5.56 Å². The topological polar surface area (TPSA) is 62.2 Å². The number of ether oxygens (including phenoxy) is 1. The van der Waals surface area contributed by atoms with Crippen molar-refractivity contribution < 1.29 is 19.0 Å². The van der Waals surface area contributed by atoms with Crippen LogP contribution in [-0.4, -0.2) is 12.4 Å². The zero-order chi connectivity index (χ0) is 11.7. The fourth-order valence-electron chi connectivity index (χ4n) is 1.38. The highest BCUT2D eigenvalue weighted by molar-refractivity contribution is 9.10. The number of rotatable bonds is 2. The maximum Gasteiger partial charge on any atom is 0.305 e. The van der Waals surface area contributed by atoms with E-state index in [9.17, 15) is 5.11 Å². The number of hydrogen-bond acceptors (Lipinski definition) is 4. The average molecular weight is 285 g/mol. The predicted octanol–water partition coefficient (Wildman–Crippen LogP) is 1.10. The van der Waals surface area contributed by atoms with Crippen LogP contribution in [0.15, 0.2) is 27.3 Å². The molecule has 84 valence electrons. The molecule has 0 spiro atoms. The lowest BCUT2D eigenvalue weighted by Crippen LogP contribution is -2.34. The SMILES string of the molecule is COc1ccc(-[n+]2noc([O-])c2Br)c(C)c1. The Morgan fingerprint density at radius 3 is 2.75 bits per heavy atom.